The van der Waals surface area contributed by atoms with Crippen LogP contribution >= 0.6 is 22.9 Å². The molecule has 4 nitrogen and oxygen atoms in total. The Labute approximate surface area is 127 Å². The first-order valence-electron chi connectivity index (χ1n) is 6.38. The molecule has 0 aliphatic heterocycles. The van der Waals surface area contributed by atoms with E-state index < -0.39 is 11.4 Å². The Morgan fingerprint density at radius 1 is 1.40 bits per heavy atom. The van der Waals surface area contributed by atoms with Gasteiger partial charge in [0.2, 0.25) is 5.91 Å². The number of aliphatic carboxylic acids is 1. The summed E-state index contributed by atoms with van der Waals surface area (Å²) in [5.41, 5.74) is -0.893. The predicted molar refractivity (Wildman–Crippen MR) is 82.0 cm³/mol. The highest BCUT2D eigenvalue weighted by atomic mass is 35.5. The molecule has 0 fully saturated rings. The van der Waals surface area contributed by atoms with Crippen molar-refractivity contribution < 1.29 is 14.7 Å². The van der Waals surface area contributed by atoms with Gasteiger partial charge in [-0.25, -0.2) is 0 Å². The van der Waals surface area contributed by atoms with Crippen LogP contribution in [0.15, 0.2) is 18.2 Å². The summed E-state index contributed by atoms with van der Waals surface area (Å²) in [5.74, 6) is -1.18. The predicted octanol–water partition coefficient (Wildman–Crippen LogP) is 3.42. The van der Waals surface area contributed by atoms with Gasteiger partial charge < -0.3 is 10.4 Å². The van der Waals surface area contributed by atoms with E-state index in [2.05, 4.69) is 5.32 Å². The first-order valence-corrected chi connectivity index (χ1v) is 7.57. The molecule has 6 heteroatoms. The van der Waals surface area contributed by atoms with Crippen LogP contribution in [-0.2, 0) is 9.59 Å². The Hall–Kier alpha value is -1.33. The third kappa shape index (κ3) is 4.35. The highest BCUT2D eigenvalue weighted by molar-refractivity contribution is 7.17. The number of thiophene rings is 1. The lowest BCUT2D eigenvalue weighted by Gasteiger charge is -2.26. The summed E-state index contributed by atoms with van der Waals surface area (Å²) in [7, 11) is 0. The van der Waals surface area contributed by atoms with Crippen molar-refractivity contribution in [2.75, 3.05) is 6.54 Å². The first-order chi connectivity index (χ1) is 9.43. The molecule has 2 N–H and O–H groups in total. The zero-order valence-electron chi connectivity index (χ0n) is 11.5. The number of rotatable bonds is 7. The quantitative estimate of drug-likeness (QED) is 0.758. The second-order valence-corrected chi connectivity index (χ2v) is 6.23. The van der Waals surface area contributed by atoms with Gasteiger partial charge in [0.15, 0.2) is 0 Å². The normalized spacial score (nSPS) is 11.8. The Morgan fingerprint density at radius 3 is 2.50 bits per heavy atom. The molecule has 0 saturated carbocycles. The van der Waals surface area contributed by atoms with Crippen molar-refractivity contribution in [3.63, 3.8) is 0 Å². The standard InChI is InChI=1S/C14H18ClNO3S/c1-3-14(4-2,13(18)19)9-16-12(17)8-6-10-5-7-11(15)20-10/h5-8H,3-4,9H2,1-2H3,(H,16,17)(H,18,19)/b8-6+. The molecule has 0 unspecified atom stereocenters. The number of hydrogen-bond acceptors (Lipinski definition) is 3. The van der Waals surface area contributed by atoms with Crippen LogP contribution in [0, 0.1) is 5.41 Å². The molecule has 1 aromatic heterocycles. The fourth-order valence-electron chi connectivity index (χ4n) is 1.77. The van der Waals surface area contributed by atoms with Crippen LogP contribution in [0.3, 0.4) is 0 Å². The van der Waals surface area contributed by atoms with Gasteiger partial charge in [0.05, 0.1) is 9.75 Å². The van der Waals surface area contributed by atoms with E-state index in [-0.39, 0.29) is 12.5 Å². The molecular weight excluding hydrogens is 298 g/mol. The summed E-state index contributed by atoms with van der Waals surface area (Å²) < 4.78 is 0.659. The van der Waals surface area contributed by atoms with Crippen LogP contribution in [0.2, 0.25) is 4.34 Å². The lowest BCUT2D eigenvalue weighted by molar-refractivity contribution is -0.149. The number of hydrogen-bond donors (Lipinski definition) is 2. The van der Waals surface area contributed by atoms with E-state index in [4.69, 9.17) is 11.6 Å². The minimum atomic E-state index is -0.893. The monoisotopic (exact) mass is 315 g/mol. The third-order valence-corrected chi connectivity index (χ3v) is 4.60. The summed E-state index contributed by atoms with van der Waals surface area (Å²) in [6.45, 7) is 3.75. The number of amides is 1. The average molecular weight is 316 g/mol. The number of carboxylic acid groups (broad SMARTS) is 1. The van der Waals surface area contributed by atoms with Crippen molar-refractivity contribution in [2.45, 2.75) is 26.7 Å². The first kappa shape index (κ1) is 16.7. The molecule has 20 heavy (non-hydrogen) atoms. The molecule has 1 heterocycles. The van der Waals surface area contributed by atoms with Crippen LogP contribution in [0.4, 0.5) is 0 Å². The number of carboxylic acids is 1. The molecule has 0 aliphatic carbocycles. The molecule has 0 aliphatic rings. The van der Waals surface area contributed by atoms with Gasteiger partial charge in [0, 0.05) is 17.5 Å². The second kappa shape index (κ2) is 7.45. The number of carbonyl (C=O) groups is 2. The van der Waals surface area contributed by atoms with E-state index >= 15 is 0 Å². The Morgan fingerprint density at radius 2 is 2.05 bits per heavy atom. The van der Waals surface area contributed by atoms with E-state index in [0.29, 0.717) is 17.2 Å². The minimum absolute atomic E-state index is 0.129. The summed E-state index contributed by atoms with van der Waals surface area (Å²) in [4.78, 5) is 23.9. The Bertz CT molecular complexity index is 506. The van der Waals surface area contributed by atoms with Crippen LogP contribution in [0.1, 0.15) is 31.6 Å². The fourth-order valence-corrected chi connectivity index (χ4v) is 2.73. The molecule has 0 saturated heterocycles. The lowest BCUT2D eigenvalue weighted by Crippen LogP contribution is -2.41. The highest BCUT2D eigenvalue weighted by Gasteiger charge is 2.34. The summed E-state index contributed by atoms with van der Waals surface area (Å²) >= 11 is 7.16. The van der Waals surface area contributed by atoms with Gasteiger partial charge >= 0.3 is 5.97 Å². The van der Waals surface area contributed by atoms with Crippen molar-refractivity contribution in [3.8, 4) is 0 Å². The van der Waals surface area contributed by atoms with E-state index in [0.717, 1.165) is 4.88 Å². The molecule has 0 atom stereocenters. The number of halogens is 1. The van der Waals surface area contributed by atoms with Gasteiger partial charge in [-0.05, 0) is 31.1 Å². The Balaban J connectivity index is 2.58. The van der Waals surface area contributed by atoms with Crippen molar-refractivity contribution in [1.29, 1.82) is 0 Å². The summed E-state index contributed by atoms with van der Waals surface area (Å²) in [6, 6.07) is 3.57. The topological polar surface area (TPSA) is 66.4 Å². The average Bonchev–Trinajstić information content (AvgIpc) is 2.83. The molecule has 0 aromatic carbocycles. The maximum Gasteiger partial charge on any atom is 0.311 e. The molecule has 0 bridgehead atoms. The summed E-state index contributed by atoms with van der Waals surface area (Å²) in [6.07, 6.45) is 4.00. The van der Waals surface area contributed by atoms with Crippen molar-refractivity contribution in [1.82, 2.24) is 5.32 Å². The van der Waals surface area contributed by atoms with Gasteiger partial charge in [-0.3, -0.25) is 9.59 Å². The maximum atomic E-state index is 11.7. The van der Waals surface area contributed by atoms with Gasteiger partial charge in [0.25, 0.3) is 0 Å². The SMILES string of the molecule is CCC(CC)(CNC(=O)/C=C/c1ccc(Cl)s1)C(=O)O. The molecule has 0 spiro atoms. The second-order valence-electron chi connectivity index (χ2n) is 4.49. The molecule has 1 rings (SSSR count). The maximum absolute atomic E-state index is 11.7. The van der Waals surface area contributed by atoms with Gasteiger partial charge in [-0.15, -0.1) is 11.3 Å². The third-order valence-electron chi connectivity index (χ3n) is 3.40. The van der Waals surface area contributed by atoms with Crippen LogP contribution in [0.25, 0.3) is 6.08 Å². The summed E-state index contributed by atoms with van der Waals surface area (Å²) in [5, 5.41) is 11.9. The van der Waals surface area contributed by atoms with Gasteiger partial charge in [0.1, 0.15) is 0 Å². The number of carbonyl (C=O) groups excluding carboxylic acids is 1. The Kier molecular flexibility index (Phi) is 6.23. The lowest BCUT2D eigenvalue weighted by atomic mass is 9.82. The van der Waals surface area contributed by atoms with E-state index in [9.17, 15) is 14.7 Å². The molecule has 1 aromatic rings. The number of nitrogens with one attached hydrogen (secondary N) is 1. The zero-order chi connectivity index (χ0) is 15.2. The fraction of sp³-hybridized carbons (Fsp3) is 0.429. The van der Waals surface area contributed by atoms with E-state index in [1.165, 1.54) is 17.4 Å². The zero-order valence-corrected chi connectivity index (χ0v) is 13.1. The van der Waals surface area contributed by atoms with Gasteiger partial charge in [-0.2, -0.15) is 0 Å². The van der Waals surface area contributed by atoms with Crippen molar-refractivity contribution in [3.05, 3.63) is 27.4 Å². The minimum Gasteiger partial charge on any atom is -0.481 e. The molecular formula is C14H18ClNO3S. The largest absolute Gasteiger partial charge is 0.481 e. The van der Waals surface area contributed by atoms with Crippen LogP contribution < -0.4 is 5.32 Å². The molecule has 0 radical (unpaired) electrons. The smallest absolute Gasteiger partial charge is 0.311 e. The van der Waals surface area contributed by atoms with E-state index in [1.807, 2.05) is 19.9 Å². The van der Waals surface area contributed by atoms with Crippen molar-refractivity contribution in [2.24, 2.45) is 5.41 Å². The highest BCUT2D eigenvalue weighted by Crippen LogP contribution is 2.25. The molecule has 1 amide bonds. The molecule has 110 valence electrons. The van der Waals surface area contributed by atoms with Crippen LogP contribution in [-0.4, -0.2) is 23.5 Å². The van der Waals surface area contributed by atoms with Crippen molar-refractivity contribution >= 4 is 40.9 Å². The van der Waals surface area contributed by atoms with Gasteiger partial charge in [-0.1, -0.05) is 25.4 Å². The van der Waals surface area contributed by atoms with E-state index in [1.54, 1.807) is 12.1 Å². The van der Waals surface area contributed by atoms with Crippen LogP contribution in [0.5, 0.6) is 0 Å².